The number of benzene rings is 1. The van der Waals surface area contributed by atoms with E-state index in [9.17, 15) is 23.2 Å². The molecule has 1 aromatic carbocycles. The molecule has 0 aromatic heterocycles. The van der Waals surface area contributed by atoms with Gasteiger partial charge >= 0.3 is 0 Å². The Morgan fingerprint density at radius 3 is 2.67 bits per heavy atom. The average molecular weight is 335 g/mol. The Bertz CT molecular complexity index is 763. The summed E-state index contributed by atoms with van der Waals surface area (Å²) in [6, 6.07) is 2.36. The van der Waals surface area contributed by atoms with Crippen LogP contribution in [0.3, 0.4) is 0 Å². The van der Waals surface area contributed by atoms with Crippen molar-refractivity contribution in [3.8, 4) is 0 Å². The van der Waals surface area contributed by atoms with Crippen LogP contribution in [0.4, 0.5) is 8.78 Å². The molecular weight excluding hydrogens is 320 g/mol. The molecular formula is C16H15F2N3O3. The fraction of sp³-hybridized carbons (Fsp3) is 0.312. The van der Waals surface area contributed by atoms with Crippen LogP contribution >= 0.6 is 0 Å². The van der Waals surface area contributed by atoms with Gasteiger partial charge in [0.2, 0.25) is 5.78 Å². The third-order valence-electron chi connectivity index (χ3n) is 4.14. The van der Waals surface area contributed by atoms with E-state index in [1.807, 2.05) is 0 Å². The quantitative estimate of drug-likeness (QED) is 0.632. The molecule has 2 heterocycles. The molecule has 2 amide bonds. The van der Waals surface area contributed by atoms with Crippen LogP contribution in [0.1, 0.15) is 5.56 Å². The maximum Gasteiger partial charge on any atom is 0.256 e. The van der Waals surface area contributed by atoms with Gasteiger partial charge in [-0.25, -0.2) is 8.78 Å². The van der Waals surface area contributed by atoms with Crippen LogP contribution in [0.25, 0.3) is 0 Å². The molecule has 1 N–H and O–H groups in total. The minimum atomic E-state index is -1.06. The van der Waals surface area contributed by atoms with Crippen molar-refractivity contribution in [1.82, 2.24) is 15.1 Å². The average Bonchev–Trinajstić information content (AvgIpc) is 2.90. The van der Waals surface area contributed by atoms with Crippen molar-refractivity contribution >= 4 is 17.6 Å². The topological polar surface area (TPSA) is 69.7 Å². The fourth-order valence-corrected chi connectivity index (χ4v) is 2.89. The number of halogens is 2. The van der Waals surface area contributed by atoms with Crippen molar-refractivity contribution in [2.75, 3.05) is 20.1 Å². The first-order valence-electron chi connectivity index (χ1n) is 7.39. The van der Waals surface area contributed by atoms with Crippen molar-refractivity contribution in [2.24, 2.45) is 0 Å². The molecule has 2 aliphatic rings. The summed E-state index contributed by atoms with van der Waals surface area (Å²) in [6.07, 6.45) is 1.40. The monoisotopic (exact) mass is 335 g/mol. The summed E-state index contributed by atoms with van der Waals surface area (Å²) in [7, 11) is 1.41. The van der Waals surface area contributed by atoms with Gasteiger partial charge < -0.3 is 15.1 Å². The van der Waals surface area contributed by atoms with Crippen LogP contribution in [0.2, 0.25) is 0 Å². The zero-order chi connectivity index (χ0) is 17.4. The Kier molecular flexibility index (Phi) is 4.04. The summed E-state index contributed by atoms with van der Waals surface area (Å²) in [5, 5.41) is 2.37. The molecule has 126 valence electrons. The number of carbonyl (C=O) groups is 3. The van der Waals surface area contributed by atoms with E-state index in [4.69, 9.17) is 0 Å². The lowest BCUT2D eigenvalue weighted by molar-refractivity contribution is -0.144. The van der Waals surface area contributed by atoms with Crippen LogP contribution in [0.15, 0.2) is 30.0 Å². The second-order valence-corrected chi connectivity index (χ2v) is 5.63. The van der Waals surface area contributed by atoms with Gasteiger partial charge in [-0.05, 0) is 17.7 Å². The van der Waals surface area contributed by atoms with E-state index in [0.717, 1.165) is 12.1 Å². The maximum absolute atomic E-state index is 13.3. The molecule has 1 aromatic rings. The zero-order valence-corrected chi connectivity index (χ0v) is 12.9. The van der Waals surface area contributed by atoms with E-state index in [-0.39, 0.29) is 12.1 Å². The van der Waals surface area contributed by atoms with Crippen LogP contribution in [0, 0.1) is 11.6 Å². The number of hydrogen-bond donors (Lipinski definition) is 1. The van der Waals surface area contributed by atoms with E-state index < -0.39 is 35.3 Å². The minimum Gasteiger partial charge on any atom is -0.357 e. The SMILES string of the molecule is CNC(=O)C1=CN2CCN(Cc3ccc(F)c(F)c3)C(=O)C2C1=O. The highest BCUT2D eigenvalue weighted by molar-refractivity contribution is 6.28. The molecule has 0 saturated carbocycles. The molecule has 0 aliphatic carbocycles. The molecule has 24 heavy (non-hydrogen) atoms. The van der Waals surface area contributed by atoms with Crippen molar-refractivity contribution in [2.45, 2.75) is 12.6 Å². The molecule has 3 rings (SSSR count). The normalized spacial score (nSPS) is 20.1. The number of Topliss-reactive ketones (excluding diaryl/α,β-unsaturated/α-hetero) is 1. The first-order chi connectivity index (χ1) is 11.4. The molecule has 0 bridgehead atoms. The highest BCUT2D eigenvalue weighted by atomic mass is 19.2. The Hall–Kier alpha value is -2.77. The van der Waals surface area contributed by atoms with Gasteiger partial charge in [0, 0.05) is 32.9 Å². The number of piperazine rings is 1. The summed E-state index contributed by atoms with van der Waals surface area (Å²) in [5.41, 5.74) is 0.381. The van der Waals surface area contributed by atoms with E-state index in [2.05, 4.69) is 5.32 Å². The van der Waals surface area contributed by atoms with E-state index in [0.29, 0.717) is 18.7 Å². The summed E-state index contributed by atoms with van der Waals surface area (Å²) in [5.74, 6) is -3.48. The van der Waals surface area contributed by atoms with Gasteiger partial charge in [-0.1, -0.05) is 6.07 Å². The number of carbonyl (C=O) groups excluding carboxylic acids is 3. The molecule has 1 unspecified atom stereocenters. The van der Waals surface area contributed by atoms with Gasteiger partial charge in [-0.3, -0.25) is 14.4 Å². The molecule has 1 atom stereocenters. The third kappa shape index (κ3) is 2.64. The Balaban J connectivity index is 1.77. The summed E-state index contributed by atoms with van der Waals surface area (Å²) < 4.78 is 26.3. The van der Waals surface area contributed by atoms with Gasteiger partial charge in [0.1, 0.15) is 5.57 Å². The lowest BCUT2D eigenvalue weighted by Crippen LogP contribution is -2.55. The van der Waals surface area contributed by atoms with Gasteiger partial charge in [0.15, 0.2) is 17.7 Å². The van der Waals surface area contributed by atoms with Crippen LogP contribution in [-0.4, -0.2) is 53.6 Å². The fourth-order valence-electron chi connectivity index (χ4n) is 2.89. The number of hydrogen-bond acceptors (Lipinski definition) is 4. The van der Waals surface area contributed by atoms with Gasteiger partial charge in [0.25, 0.3) is 11.8 Å². The van der Waals surface area contributed by atoms with E-state index in [1.54, 1.807) is 0 Å². The summed E-state index contributed by atoms with van der Waals surface area (Å²) in [6.45, 7) is 0.772. The summed E-state index contributed by atoms with van der Waals surface area (Å²) >= 11 is 0. The summed E-state index contributed by atoms with van der Waals surface area (Å²) in [4.78, 5) is 39.5. The third-order valence-corrected chi connectivity index (χ3v) is 4.14. The van der Waals surface area contributed by atoms with Crippen molar-refractivity contribution < 1.29 is 23.2 Å². The predicted octanol–water partition coefficient (Wildman–Crippen LogP) is 0.190. The number of likely N-dealkylation sites (N-methyl/N-ethyl adjacent to an activating group) is 1. The van der Waals surface area contributed by atoms with Crippen molar-refractivity contribution in [3.05, 3.63) is 47.2 Å². The first-order valence-corrected chi connectivity index (χ1v) is 7.39. The molecule has 2 aliphatic heterocycles. The Morgan fingerprint density at radius 2 is 2.00 bits per heavy atom. The number of fused-ring (bicyclic) bond motifs is 1. The first kappa shape index (κ1) is 16.1. The lowest BCUT2D eigenvalue weighted by atomic mass is 10.0. The molecule has 0 radical (unpaired) electrons. The number of nitrogens with zero attached hydrogens (tertiary/aromatic N) is 2. The molecule has 1 saturated heterocycles. The Morgan fingerprint density at radius 1 is 1.25 bits per heavy atom. The molecule has 0 spiro atoms. The van der Waals surface area contributed by atoms with Gasteiger partial charge in [-0.15, -0.1) is 0 Å². The molecule has 6 nitrogen and oxygen atoms in total. The zero-order valence-electron chi connectivity index (χ0n) is 12.9. The standard InChI is InChI=1S/C16H15F2N3O3/c1-19-15(23)10-8-20-4-5-21(16(24)13(20)14(10)22)7-9-2-3-11(17)12(18)6-9/h2-3,6,8,13H,4-5,7H2,1H3,(H,19,23). The van der Waals surface area contributed by atoms with Crippen LogP contribution < -0.4 is 5.32 Å². The molecule has 8 heteroatoms. The van der Waals surface area contributed by atoms with Crippen molar-refractivity contribution in [3.63, 3.8) is 0 Å². The Labute approximate surface area is 136 Å². The van der Waals surface area contributed by atoms with Gasteiger partial charge in [0.05, 0.1) is 0 Å². The highest BCUT2D eigenvalue weighted by Gasteiger charge is 2.45. The highest BCUT2D eigenvalue weighted by Crippen LogP contribution is 2.24. The van der Waals surface area contributed by atoms with Crippen LogP contribution in [0.5, 0.6) is 0 Å². The van der Waals surface area contributed by atoms with Crippen molar-refractivity contribution in [1.29, 1.82) is 0 Å². The maximum atomic E-state index is 13.3. The largest absolute Gasteiger partial charge is 0.357 e. The molecule has 1 fully saturated rings. The number of rotatable bonds is 3. The number of ketones is 1. The number of amides is 2. The minimum absolute atomic E-state index is 0.0504. The van der Waals surface area contributed by atoms with Crippen LogP contribution in [-0.2, 0) is 20.9 Å². The second-order valence-electron chi connectivity index (χ2n) is 5.63. The van der Waals surface area contributed by atoms with Gasteiger partial charge in [-0.2, -0.15) is 0 Å². The van der Waals surface area contributed by atoms with E-state index in [1.165, 1.54) is 29.1 Å². The second kappa shape index (κ2) is 6.03. The smallest absolute Gasteiger partial charge is 0.256 e. The predicted molar refractivity (Wildman–Crippen MR) is 79.4 cm³/mol. The lowest BCUT2D eigenvalue weighted by Gasteiger charge is -2.36. The van der Waals surface area contributed by atoms with E-state index >= 15 is 0 Å². The number of nitrogens with one attached hydrogen (secondary N) is 1.